The Morgan fingerprint density at radius 2 is 1.94 bits per heavy atom. The summed E-state index contributed by atoms with van der Waals surface area (Å²) in [5.41, 5.74) is 7.83. The van der Waals surface area contributed by atoms with E-state index in [2.05, 4.69) is 4.98 Å². The van der Waals surface area contributed by atoms with Gasteiger partial charge in [-0.25, -0.2) is 4.98 Å². The Morgan fingerprint density at radius 1 is 1.28 bits per heavy atom. The first-order valence-corrected chi connectivity index (χ1v) is 5.95. The van der Waals surface area contributed by atoms with Crippen molar-refractivity contribution in [3.8, 4) is 17.2 Å². The van der Waals surface area contributed by atoms with E-state index in [4.69, 9.17) is 34.2 Å². The summed E-state index contributed by atoms with van der Waals surface area (Å²) in [6, 6.07) is 9.12. The largest absolute Gasteiger partial charge is 0.383 e. The van der Waals surface area contributed by atoms with Crippen molar-refractivity contribution in [3.63, 3.8) is 0 Å². The Kier molecular flexibility index (Phi) is 3.71. The average molecular weight is 278 g/mol. The third kappa shape index (κ3) is 2.40. The number of nitrogen functional groups attached to an aromatic ring is 1. The molecule has 90 valence electrons. The first-order valence-electron chi connectivity index (χ1n) is 5.19. The molecule has 0 spiro atoms. The first kappa shape index (κ1) is 12.7. The second kappa shape index (κ2) is 5.26. The summed E-state index contributed by atoms with van der Waals surface area (Å²) in [4.78, 5) is 4.07. The number of halogens is 2. The molecule has 0 fully saturated rings. The van der Waals surface area contributed by atoms with Gasteiger partial charge >= 0.3 is 0 Å². The number of aromatic nitrogens is 1. The average Bonchev–Trinajstić information content (AvgIpc) is 2.33. The highest BCUT2D eigenvalue weighted by Gasteiger charge is 2.10. The summed E-state index contributed by atoms with van der Waals surface area (Å²) in [6.45, 7) is 0. The fourth-order valence-corrected chi connectivity index (χ4v) is 2.27. The number of rotatable bonds is 2. The molecular weight excluding hydrogens is 269 g/mol. The third-order valence-electron chi connectivity index (χ3n) is 2.52. The van der Waals surface area contributed by atoms with Gasteiger partial charge in [0.15, 0.2) is 0 Å². The van der Waals surface area contributed by atoms with Crippen molar-refractivity contribution in [1.29, 1.82) is 5.26 Å². The number of hydrogen-bond donors (Lipinski definition) is 1. The van der Waals surface area contributed by atoms with Gasteiger partial charge in [0.2, 0.25) is 0 Å². The van der Waals surface area contributed by atoms with Crippen molar-refractivity contribution >= 4 is 29.0 Å². The highest BCUT2D eigenvalue weighted by Crippen LogP contribution is 2.35. The molecule has 0 amide bonds. The van der Waals surface area contributed by atoms with Gasteiger partial charge in [-0.3, -0.25) is 0 Å². The van der Waals surface area contributed by atoms with E-state index >= 15 is 0 Å². The molecule has 0 atom stereocenters. The monoisotopic (exact) mass is 277 g/mol. The summed E-state index contributed by atoms with van der Waals surface area (Å²) < 4.78 is 0. The van der Waals surface area contributed by atoms with E-state index in [0.29, 0.717) is 27.0 Å². The SMILES string of the molecule is N#CCc1cc(-c2c(Cl)cccc2Cl)cnc1N. The van der Waals surface area contributed by atoms with Crippen molar-refractivity contribution in [2.45, 2.75) is 6.42 Å². The van der Waals surface area contributed by atoms with Crippen LogP contribution >= 0.6 is 23.2 Å². The minimum atomic E-state index is 0.203. The number of anilines is 1. The normalized spacial score (nSPS) is 10.1. The standard InChI is InChI=1S/C13H9Cl2N3/c14-10-2-1-3-11(15)12(10)9-6-8(4-5-16)13(17)18-7-9/h1-3,6-7H,4H2,(H2,17,18). The van der Waals surface area contributed by atoms with Gasteiger partial charge in [0, 0.05) is 32.9 Å². The van der Waals surface area contributed by atoms with Crippen LogP contribution in [0.3, 0.4) is 0 Å². The van der Waals surface area contributed by atoms with Crippen LogP contribution in [0.5, 0.6) is 0 Å². The minimum absolute atomic E-state index is 0.203. The van der Waals surface area contributed by atoms with Gasteiger partial charge in [-0.05, 0) is 18.2 Å². The molecule has 1 heterocycles. The fraction of sp³-hybridized carbons (Fsp3) is 0.0769. The lowest BCUT2D eigenvalue weighted by molar-refractivity contribution is 1.20. The molecule has 0 saturated heterocycles. The lowest BCUT2D eigenvalue weighted by atomic mass is 10.0. The molecule has 5 heteroatoms. The molecule has 2 aromatic rings. The second-order valence-corrected chi connectivity index (χ2v) is 4.51. The van der Waals surface area contributed by atoms with E-state index in [1.807, 2.05) is 6.07 Å². The molecule has 2 N–H and O–H groups in total. The minimum Gasteiger partial charge on any atom is -0.383 e. The van der Waals surface area contributed by atoms with Crippen molar-refractivity contribution in [1.82, 2.24) is 4.98 Å². The van der Waals surface area contributed by atoms with E-state index in [0.717, 1.165) is 5.56 Å². The summed E-state index contributed by atoms with van der Waals surface area (Å²) in [5.74, 6) is 0.350. The molecule has 1 aromatic carbocycles. The summed E-state index contributed by atoms with van der Waals surface area (Å²) in [7, 11) is 0. The predicted octanol–water partition coefficient (Wildman–Crippen LogP) is 3.70. The Morgan fingerprint density at radius 3 is 2.56 bits per heavy atom. The lowest BCUT2D eigenvalue weighted by Gasteiger charge is -2.09. The Balaban J connectivity index is 2.59. The van der Waals surface area contributed by atoms with Gasteiger partial charge in [-0.1, -0.05) is 29.3 Å². The van der Waals surface area contributed by atoms with Crippen LogP contribution in [0.2, 0.25) is 10.0 Å². The van der Waals surface area contributed by atoms with Gasteiger partial charge in [-0.15, -0.1) is 0 Å². The zero-order valence-corrected chi connectivity index (χ0v) is 10.8. The van der Waals surface area contributed by atoms with E-state index < -0.39 is 0 Å². The maximum absolute atomic E-state index is 8.73. The van der Waals surface area contributed by atoms with Crippen LogP contribution < -0.4 is 5.73 Å². The second-order valence-electron chi connectivity index (χ2n) is 3.70. The Hall–Kier alpha value is -1.76. The van der Waals surface area contributed by atoms with Crippen LogP contribution in [0.25, 0.3) is 11.1 Å². The van der Waals surface area contributed by atoms with Crippen LogP contribution in [0.4, 0.5) is 5.82 Å². The van der Waals surface area contributed by atoms with Crippen LogP contribution in [-0.4, -0.2) is 4.98 Å². The van der Waals surface area contributed by atoms with E-state index in [1.54, 1.807) is 30.5 Å². The summed E-state index contributed by atoms with van der Waals surface area (Å²) in [6.07, 6.45) is 1.80. The van der Waals surface area contributed by atoms with E-state index in [9.17, 15) is 0 Å². The number of pyridine rings is 1. The quantitative estimate of drug-likeness (QED) is 0.910. The van der Waals surface area contributed by atoms with Crippen LogP contribution in [0.1, 0.15) is 5.56 Å². The molecule has 0 radical (unpaired) electrons. The molecule has 0 unspecified atom stereocenters. The van der Waals surface area contributed by atoms with Gasteiger partial charge in [0.1, 0.15) is 5.82 Å². The Labute approximate surface area is 115 Å². The van der Waals surface area contributed by atoms with Gasteiger partial charge in [0.25, 0.3) is 0 Å². The van der Waals surface area contributed by atoms with Crippen LogP contribution in [0.15, 0.2) is 30.5 Å². The van der Waals surface area contributed by atoms with Gasteiger partial charge in [-0.2, -0.15) is 5.26 Å². The van der Waals surface area contributed by atoms with Gasteiger partial charge in [0.05, 0.1) is 12.5 Å². The lowest BCUT2D eigenvalue weighted by Crippen LogP contribution is -1.98. The van der Waals surface area contributed by atoms with E-state index in [-0.39, 0.29) is 6.42 Å². The van der Waals surface area contributed by atoms with E-state index in [1.165, 1.54) is 0 Å². The molecule has 1 aromatic heterocycles. The van der Waals surface area contributed by atoms with Gasteiger partial charge < -0.3 is 5.73 Å². The first-order chi connectivity index (χ1) is 8.63. The number of hydrogen-bond acceptors (Lipinski definition) is 3. The molecule has 2 rings (SSSR count). The fourth-order valence-electron chi connectivity index (χ4n) is 1.66. The summed E-state index contributed by atoms with van der Waals surface area (Å²) >= 11 is 12.2. The van der Waals surface area contributed by atoms with Crippen molar-refractivity contribution in [2.75, 3.05) is 5.73 Å². The molecule has 0 aliphatic carbocycles. The zero-order valence-electron chi connectivity index (χ0n) is 9.32. The number of benzene rings is 1. The molecule has 3 nitrogen and oxygen atoms in total. The molecule has 0 aliphatic rings. The molecular formula is C13H9Cl2N3. The number of nitrogens with two attached hydrogens (primary N) is 1. The van der Waals surface area contributed by atoms with Crippen LogP contribution in [-0.2, 0) is 6.42 Å². The van der Waals surface area contributed by atoms with Crippen molar-refractivity contribution in [2.24, 2.45) is 0 Å². The number of nitriles is 1. The summed E-state index contributed by atoms with van der Waals surface area (Å²) in [5, 5.41) is 9.81. The molecule has 18 heavy (non-hydrogen) atoms. The molecule has 0 bridgehead atoms. The maximum Gasteiger partial charge on any atom is 0.127 e. The van der Waals surface area contributed by atoms with Crippen LogP contribution in [0, 0.1) is 11.3 Å². The molecule has 0 saturated carbocycles. The molecule has 0 aliphatic heterocycles. The Bertz CT molecular complexity index is 612. The van der Waals surface area contributed by atoms with Crippen molar-refractivity contribution in [3.05, 3.63) is 46.1 Å². The number of nitrogens with zero attached hydrogens (tertiary/aromatic N) is 2. The third-order valence-corrected chi connectivity index (χ3v) is 3.15. The predicted molar refractivity (Wildman–Crippen MR) is 73.4 cm³/mol. The topological polar surface area (TPSA) is 62.7 Å². The highest BCUT2D eigenvalue weighted by molar-refractivity contribution is 6.39. The highest BCUT2D eigenvalue weighted by atomic mass is 35.5. The smallest absolute Gasteiger partial charge is 0.127 e. The zero-order chi connectivity index (χ0) is 13.1. The maximum atomic E-state index is 8.73. The van der Waals surface area contributed by atoms with Crippen molar-refractivity contribution < 1.29 is 0 Å².